The largest absolute Gasteiger partial charge is 0.489 e. The second kappa shape index (κ2) is 6.61. The van der Waals surface area contributed by atoms with Gasteiger partial charge in [-0.15, -0.1) is 0 Å². The van der Waals surface area contributed by atoms with E-state index in [1.165, 1.54) is 0 Å². The van der Waals surface area contributed by atoms with Crippen molar-refractivity contribution in [1.82, 2.24) is 9.88 Å². The fraction of sp³-hybridized carbons (Fsp3) is 0.250. The summed E-state index contributed by atoms with van der Waals surface area (Å²) in [7, 11) is 0. The molecule has 2 aromatic carbocycles. The molecule has 3 aromatic rings. The molecule has 5 heteroatoms. The first-order valence-electron chi connectivity index (χ1n) is 8.46. The minimum Gasteiger partial charge on any atom is -0.489 e. The number of benzene rings is 2. The Kier molecular flexibility index (Phi) is 4.15. The summed E-state index contributed by atoms with van der Waals surface area (Å²) < 4.78 is 8.11. The number of nitrogens with zero attached hydrogens (tertiary/aromatic N) is 1. The zero-order valence-corrected chi connectivity index (χ0v) is 13.8. The third kappa shape index (κ3) is 3.23. The normalized spacial score (nSPS) is 16.6. The number of ether oxygens (including phenoxy) is 1. The maximum Gasteiger partial charge on any atom is 0.305 e. The lowest BCUT2D eigenvalue weighted by molar-refractivity contribution is -0.137. The number of carboxylic acid groups (broad SMARTS) is 1. The molecule has 0 fully saturated rings. The summed E-state index contributed by atoms with van der Waals surface area (Å²) in [5.41, 5.74) is 3.28. The maximum absolute atomic E-state index is 11.1. The lowest BCUT2D eigenvalue weighted by Crippen LogP contribution is -2.34. The van der Waals surface area contributed by atoms with Crippen molar-refractivity contribution in [2.75, 3.05) is 6.54 Å². The Bertz CT molecular complexity index is 902. The van der Waals surface area contributed by atoms with Crippen molar-refractivity contribution in [3.05, 3.63) is 65.9 Å². The van der Waals surface area contributed by atoms with Crippen LogP contribution in [0.4, 0.5) is 0 Å². The molecule has 1 aliphatic rings. The summed E-state index contributed by atoms with van der Waals surface area (Å²) in [6.45, 7) is 2.16. The van der Waals surface area contributed by atoms with Crippen LogP contribution in [0.2, 0.25) is 0 Å². The quantitative estimate of drug-likeness (QED) is 0.750. The van der Waals surface area contributed by atoms with E-state index in [1.807, 2.05) is 42.5 Å². The molecule has 0 amide bonds. The average molecular weight is 336 g/mol. The highest BCUT2D eigenvalue weighted by molar-refractivity contribution is 5.83. The van der Waals surface area contributed by atoms with Crippen molar-refractivity contribution in [3.8, 4) is 5.75 Å². The molecular formula is C20H20N2O3. The molecule has 128 valence electrons. The summed E-state index contributed by atoms with van der Waals surface area (Å²) in [5, 5.41) is 13.5. The molecule has 2 N–H and O–H groups in total. The van der Waals surface area contributed by atoms with Gasteiger partial charge in [0, 0.05) is 29.7 Å². The molecule has 5 nitrogen and oxygen atoms in total. The van der Waals surface area contributed by atoms with Gasteiger partial charge in [-0.3, -0.25) is 4.79 Å². The predicted molar refractivity (Wildman–Crippen MR) is 95.7 cm³/mol. The molecule has 0 saturated heterocycles. The molecular weight excluding hydrogens is 316 g/mol. The number of nitrogens with one attached hydrogen (secondary N) is 1. The predicted octanol–water partition coefficient (Wildman–Crippen LogP) is 3.34. The highest BCUT2D eigenvalue weighted by Crippen LogP contribution is 2.31. The smallest absolute Gasteiger partial charge is 0.305 e. The van der Waals surface area contributed by atoms with E-state index in [0.29, 0.717) is 6.61 Å². The number of fused-ring (bicyclic) bond motifs is 3. The first-order chi connectivity index (χ1) is 12.2. The Hall–Kier alpha value is -2.79. The second-order valence-electron chi connectivity index (χ2n) is 6.32. The van der Waals surface area contributed by atoms with E-state index in [4.69, 9.17) is 9.84 Å². The van der Waals surface area contributed by atoms with E-state index >= 15 is 0 Å². The molecule has 4 rings (SSSR count). The third-order valence-electron chi connectivity index (χ3n) is 4.62. The number of hydrogen-bond donors (Lipinski definition) is 2. The van der Waals surface area contributed by atoms with Crippen LogP contribution in [0.3, 0.4) is 0 Å². The van der Waals surface area contributed by atoms with Crippen LogP contribution in [0.1, 0.15) is 23.7 Å². The Morgan fingerprint density at radius 2 is 2.04 bits per heavy atom. The third-order valence-corrected chi connectivity index (χ3v) is 4.62. The van der Waals surface area contributed by atoms with Crippen LogP contribution in [-0.4, -0.2) is 22.2 Å². The van der Waals surface area contributed by atoms with E-state index in [1.54, 1.807) is 0 Å². The Morgan fingerprint density at radius 1 is 1.20 bits per heavy atom. The van der Waals surface area contributed by atoms with Crippen molar-refractivity contribution in [2.24, 2.45) is 0 Å². The molecule has 1 unspecified atom stereocenters. The zero-order chi connectivity index (χ0) is 17.2. The first kappa shape index (κ1) is 15.7. The first-order valence-corrected chi connectivity index (χ1v) is 8.46. The van der Waals surface area contributed by atoms with Gasteiger partial charge in [-0.05, 0) is 29.8 Å². The lowest BCUT2D eigenvalue weighted by Gasteiger charge is -2.25. The van der Waals surface area contributed by atoms with Gasteiger partial charge in [-0.2, -0.15) is 0 Å². The van der Waals surface area contributed by atoms with E-state index in [0.717, 1.165) is 41.0 Å². The van der Waals surface area contributed by atoms with Crippen LogP contribution in [-0.2, 0) is 17.9 Å². The van der Waals surface area contributed by atoms with Gasteiger partial charge in [0.05, 0.1) is 12.5 Å². The van der Waals surface area contributed by atoms with Crippen LogP contribution in [0.15, 0.2) is 54.6 Å². The molecule has 0 bridgehead atoms. The van der Waals surface area contributed by atoms with Crippen molar-refractivity contribution in [2.45, 2.75) is 25.6 Å². The van der Waals surface area contributed by atoms with E-state index in [-0.39, 0.29) is 12.5 Å². The summed E-state index contributed by atoms with van der Waals surface area (Å²) in [4.78, 5) is 11.1. The minimum atomic E-state index is -0.789. The van der Waals surface area contributed by atoms with E-state index in [9.17, 15) is 4.79 Å². The molecule has 1 atom stereocenters. The molecule has 1 aliphatic heterocycles. The van der Waals surface area contributed by atoms with Gasteiger partial charge < -0.3 is 19.7 Å². The fourth-order valence-corrected chi connectivity index (χ4v) is 3.45. The van der Waals surface area contributed by atoms with Gasteiger partial charge in [0.1, 0.15) is 12.4 Å². The minimum absolute atomic E-state index is 0.0910. The zero-order valence-electron chi connectivity index (χ0n) is 13.8. The molecule has 0 aliphatic carbocycles. The van der Waals surface area contributed by atoms with Crippen molar-refractivity contribution < 1.29 is 14.6 Å². The number of aromatic nitrogens is 1. The Morgan fingerprint density at radius 3 is 2.84 bits per heavy atom. The molecule has 0 spiro atoms. The van der Waals surface area contributed by atoms with Crippen molar-refractivity contribution in [3.63, 3.8) is 0 Å². The van der Waals surface area contributed by atoms with Crippen molar-refractivity contribution in [1.29, 1.82) is 0 Å². The molecule has 0 radical (unpaired) electrons. The van der Waals surface area contributed by atoms with Crippen LogP contribution in [0.25, 0.3) is 10.9 Å². The Labute approximate surface area is 145 Å². The summed E-state index contributed by atoms with van der Waals surface area (Å²) in [5.74, 6) is 0.0325. The number of aliphatic carboxylic acids is 1. The fourth-order valence-electron chi connectivity index (χ4n) is 3.45. The summed E-state index contributed by atoms with van der Waals surface area (Å²) >= 11 is 0. The molecule has 1 aromatic heterocycles. The van der Waals surface area contributed by atoms with Gasteiger partial charge in [-0.25, -0.2) is 0 Å². The monoisotopic (exact) mass is 336 g/mol. The van der Waals surface area contributed by atoms with Crippen LogP contribution in [0.5, 0.6) is 5.75 Å². The number of rotatable bonds is 5. The van der Waals surface area contributed by atoms with Gasteiger partial charge in [0.15, 0.2) is 0 Å². The standard InChI is InChI=1S/C20H20N2O3/c23-20(24)12-17-19-11-15-10-16(25-13-14-4-2-1-3-5-14)6-7-18(15)22(19)9-8-21-17/h1-7,10-11,17,21H,8-9,12-13H2,(H,23,24). The highest BCUT2D eigenvalue weighted by Gasteiger charge is 2.24. The van der Waals surface area contributed by atoms with E-state index < -0.39 is 5.97 Å². The topological polar surface area (TPSA) is 63.5 Å². The highest BCUT2D eigenvalue weighted by atomic mass is 16.5. The number of carboxylic acids is 1. The summed E-state index contributed by atoms with van der Waals surface area (Å²) in [6, 6.07) is 18.1. The van der Waals surface area contributed by atoms with Gasteiger partial charge >= 0.3 is 5.97 Å². The van der Waals surface area contributed by atoms with Crippen molar-refractivity contribution >= 4 is 16.9 Å². The average Bonchev–Trinajstić information content (AvgIpc) is 2.99. The SMILES string of the molecule is O=C(O)CC1NCCn2c1cc1cc(OCc3ccccc3)ccc12. The van der Waals surface area contributed by atoms with Gasteiger partial charge in [0.25, 0.3) is 0 Å². The Balaban J connectivity index is 1.60. The second-order valence-corrected chi connectivity index (χ2v) is 6.32. The molecule has 2 heterocycles. The van der Waals surface area contributed by atoms with E-state index in [2.05, 4.69) is 22.0 Å². The number of hydrogen-bond acceptors (Lipinski definition) is 3. The van der Waals surface area contributed by atoms with Gasteiger partial charge in [0.2, 0.25) is 0 Å². The molecule has 0 saturated carbocycles. The van der Waals surface area contributed by atoms with Gasteiger partial charge in [-0.1, -0.05) is 30.3 Å². The lowest BCUT2D eigenvalue weighted by atomic mass is 10.1. The number of carbonyl (C=O) groups is 1. The van der Waals surface area contributed by atoms with Crippen LogP contribution < -0.4 is 10.1 Å². The van der Waals surface area contributed by atoms with Crippen LogP contribution in [0, 0.1) is 0 Å². The summed E-state index contributed by atoms with van der Waals surface area (Å²) in [6.07, 6.45) is 0.0910. The van der Waals surface area contributed by atoms with Crippen LogP contribution >= 0.6 is 0 Å². The maximum atomic E-state index is 11.1. The molecule has 25 heavy (non-hydrogen) atoms.